The minimum Gasteiger partial charge on any atom is -0.354 e. The number of thioether (sulfide) groups is 1. The molecule has 7 heteroatoms. The quantitative estimate of drug-likeness (QED) is 0.347. The topological polar surface area (TPSA) is 49.4 Å². The lowest BCUT2D eigenvalue weighted by atomic mass is 10.1. The van der Waals surface area contributed by atoms with E-state index in [4.69, 9.17) is 23.2 Å². The molecule has 0 fully saturated rings. The number of hydrogen-bond acceptors (Lipinski definition) is 3. The second-order valence-corrected chi connectivity index (χ2v) is 9.45. The van der Waals surface area contributed by atoms with E-state index in [9.17, 15) is 9.59 Å². The molecule has 0 heterocycles. The van der Waals surface area contributed by atoms with E-state index in [1.165, 1.54) is 11.8 Å². The number of benzene rings is 2. The molecule has 4 nitrogen and oxygen atoms in total. The Morgan fingerprint density at radius 3 is 2.50 bits per heavy atom. The van der Waals surface area contributed by atoms with Gasteiger partial charge in [0.1, 0.15) is 6.04 Å². The maximum Gasteiger partial charge on any atom is 0.242 e. The van der Waals surface area contributed by atoms with Crippen LogP contribution in [0.1, 0.15) is 44.2 Å². The van der Waals surface area contributed by atoms with Gasteiger partial charge in [-0.1, -0.05) is 79.9 Å². The van der Waals surface area contributed by atoms with Crippen molar-refractivity contribution in [2.45, 2.75) is 51.3 Å². The molecule has 0 spiro atoms. The highest BCUT2D eigenvalue weighted by atomic mass is 35.5. The number of rotatable bonds is 13. The lowest BCUT2D eigenvalue weighted by Gasteiger charge is -2.30. The first-order valence-corrected chi connectivity index (χ1v) is 13.0. The van der Waals surface area contributed by atoms with Gasteiger partial charge < -0.3 is 10.2 Å². The molecule has 2 amide bonds. The van der Waals surface area contributed by atoms with E-state index < -0.39 is 6.04 Å². The SMILES string of the molecule is CCCCNC(=O)[C@H](CC)N(CCc1ccccc1)C(=O)CSCc1ccc(Cl)cc1Cl. The van der Waals surface area contributed by atoms with Crippen LogP contribution >= 0.6 is 35.0 Å². The molecule has 0 aromatic heterocycles. The van der Waals surface area contributed by atoms with Crippen LogP contribution in [0, 0.1) is 0 Å². The molecule has 2 aromatic carbocycles. The predicted molar refractivity (Wildman–Crippen MR) is 136 cm³/mol. The van der Waals surface area contributed by atoms with E-state index in [1.807, 2.05) is 43.3 Å². The highest BCUT2D eigenvalue weighted by molar-refractivity contribution is 7.99. The number of carbonyl (C=O) groups is 2. The molecule has 1 atom stereocenters. The van der Waals surface area contributed by atoms with Crippen molar-refractivity contribution in [3.8, 4) is 0 Å². The fourth-order valence-corrected chi connectivity index (χ4v) is 4.84. The average molecular weight is 496 g/mol. The molecular formula is C25H32Cl2N2O2S. The Labute approximate surface area is 206 Å². The van der Waals surface area contributed by atoms with E-state index in [2.05, 4.69) is 12.2 Å². The van der Waals surface area contributed by atoms with E-state index >= 15 is 0 Å². The van der Waals surface area contributed by atoms with E-state index in [-0.39, 0.29) is 17.6 Å². The molecule has 1 N–H and O–H groups in total. The summed E-state index contributed by atoms with van der Waals surface area (Å²) in [7, 11) is 0. The molecule has 0 aliphatic rings. The number of halogens is 2. The minimum atomic E-state index is -0.470. The zero-order valence-corrected chi connectivity index (χ0v) is 21.1. The van der Waals surface area contributed by atoms with Gasteiger partial charge in [-0.2, -0.15) is 0 Å². The first kappa shape index (κ1) is 26.6. The number of amides is 2. The Hall–Kier alpha value is -1.69. The van der Waals surface area contributed by atoms with Crippen LogP contribution in [0.5, 0.6) is 0 Å². The Bertz CT molecular complexity index is 864. The summed E-state index contributed by atoms with van der Waals surface area (Å²) < 4.78 is 0. The zero-order chi connectivity index (χ0) is 23.3. The molecule has 0 aliphatic carbocycles. The summed E-state index contributed by atoms with van der Waals surface area (Å²) in [5.41, 5.74) is 2.08. The van der Waals surface area contributed by atoms with Crippen LogP contribution in [0.25, 0.3) is 0 Å². The van der Waals surface area contributed by atoms with Crippen molar-refractivity contribution >= 4 is 46.8 Å². The van der Waals surface area contributed by atoms with Gasteiger partial charge in [-0.25, -0.2) is 0 Å². The van der Waals surface area contributed by atoms with E-state index in [1.54, 1.807) is 17.0 Å². The van der Waals surface area contributed by atoms with E-state index in [0.717, 1.165) is 24.0 Å². The monoisotopic (exact) mass is 494 g/mol. The summed E-state index contributed by atoms with van der Waals surface area (Å²) in [4.78, 5) is 27.8. The van der Waals surface area contributed by atoms with Gasteiger partial charge in [0.25, 0.3) is 0 Å². The highest BCUT2D eigenvalue weighted by Crippen LogP contribution is 2.25. The number of carbonyl (C=O) groups excluding carboxylic acids is 2. The van der Waals surface area contributed by atoms with Gasteiger partial charge in [0, 0.05) is 28.9 Å². The maximum absolute atomic E-state index is 13.2. The van der Waals surface area contributed by atoms with Crippen LogP contribution in [0.2, 0.25) is 10.0 Å². The third-order valence-electron chi connectivity index (χ3n) is 5.20. The first-order valence-electron chi connectivity index (χ1n) is 11.1. The molecule has 0 radical (unpaired) electrons. The lowest BCUT2D eigenvalue weighted by molar-refractivity contribution is -0.138. The molecule has 0 bridgehead atoms. The van der Waals surface area contributed by atoms with Crippen LogP contribution < -0.4 is 5.32 Å². The molecule has 0 aliphatic heterocycles. The van der Waals surface area contributed by atoms with Crippen molar-refractivity contribution in [3.63, 3.8) is 0 Å². The second-order valence-electron chi connectivity index (χ2n) is 7.62. The van der Waals surface area contributed by atoms with Gasteiger partial charge in [-0.05, 0) is 42.5 Å². The number of hydrogen-bond donors (Lipinski definition) is 1. The lowest BCUT2D eigenvalue weighted by Crippen LogP contribution is -2.50. The smallest absolute Gasteiger partial charge is 0.242 e. The molecule has 32 heavy (non-hydrogen) atoms. The summed E-state index contributed by atoms with van der Waals surface area (Å²) in [5, 5.41) is 4.18. The van der Waals surface area contributed by atoms with Crippen molar-refractivity contribution in [2.75, 3.05) is 18.8 Å². The Kier molecular flexibility index (Phi) is 12.0. The average Bonchev–Trinajstić information content (AvgIpc) is 2.78. The number of nitrogens with zero attached hydrogens (tertiary/aromatic N) is 1. The van der Waals surface area contributed by atoms with Gasteiger partial charge in [-0.15, -0.1) is 11.8 Å². The van der Waals surface area contributed by atoms with Crippen LogP contribution in [-0.4, -0.2) is 41.6 Å². The van der Waals surface area contributed by atoms with Gasteiger partial charge in [0.2, 0.25) is 11.8 Å². The van der Waals surface area contributed by atoms with Gasteiger partial charge in [-0.3, -0.25) is 9.59 Å². The summed E-state index contributed by atoms with van der Waals surface area (Å²) >= 11 is 13.7. The number of unbranched alkanes of at least 4 members (excludes halogenated alkanes) is 1. The van der Waals surface area contributed by atoms with Gasteiger partial charge in [0.15, 0.2) is 0 Å². The molecule has 0 unspecified atom stereocenters. The highest BCUT2D eigenvalue weighted by Gasteiger charge is 2.27. The van der Waals surface area contributed by atoms with Gasteiger partial charge >= 0.3 is 0 Å². The predicted octanol–water partition coefficient (Wildman–Crippen LogP) is 5.99. The van der Waals surface area contributed by atoms with Crippen molar-refractivity contribution in [2.24, 2.45) is 0 Å². The summed E-state index contributed by atoms with van der Waals surface area (Å²) in [6.07, 6.45) is 3.22. The fraction of sp³-hybridized carbons (Fsp3) is 0.440. The van der Waals surface area contributed by atoms with Gasteiger partial charge in [0.05, 0.1) is 5.75 Å². The Balaban J connectivity index is 2.05. The third-order valence-corrected chi connectivity index (χ3v) is 6.75. The first-order chi connectivity index (χ1) is 15.5. The summed E-state index contributed by atoms with van der Waals surface area (Å²) in [6, 6.07) is 15.0. The molecule has 2 rings (SSSR count). The van der Waals surface area contributed by atoms with Crippen molar-refractivity contribution < 1.29 is 9.59 Å². The second kappa shape index (κ2) is 14.5. The Morgan fingerprint density at radius 2 is 1.84 bits per heavy atom. The summed E-state index contributed by atoms with van der Waals surface area (Å²) in [6.45, 7) is 5.18. The number of nitrogens with one attached hydrogen (secondary N) is 1. The van der Waals surface area contributed by atoms with Crippen molar-refractivity contribution in [1.82, 2.24) is 10.2 Å². The largest absolute Gasteiger partial charge is 0.354 e. The summed E-state index contributed by atoms with van der Waals surface area (Å²) in [5.74, 6) is 0.780. The van der Waals surface area contributed by atoms with Crippen LogP contribution in [0.4, 0.5) is 0 Å². The normalized spacial score (nSPS) is 11.8. The molecule has 2 aromatic rings. The maximum atomic E-state index is 13.2. The van der Waals surface area contributed by atoms with Crippen LogP contribution in [-0.2, 0) is 21.8 Å². The fourth-order valence-electron chi connectivity index (χ4n) is 3.37. The molecule has 0 saturated heterocycles. The van der Waals surface area contributed by atoms with E-state index in [0.29, 0.717) is 41.7 Å². The third kappa shape index (κ3) is 8.68. The van der Waals surface area contributed by atoms with Crippen molar-refractivity contribution in [3.05, 3.63) is 69.7 Å². The Morgan fingerprint density at radius 1 is 1.09 bits per heavy atom. The standard InChI is InChI=1S/C25H32Cl2N2O2S/c1-3-5-14-28-25(31)23(4-2)29(15-13-19-9-7-6-8-10-19)24(30)18-32-17-20-11-12-21(26)16-22(20)27/h6-12,16,23H,3-5,13-15,17-18H2,1-2H3,(H,28,31)/t23-/m0/s1. The minimum absolute atomic E-state index is 0.0338. The zero-order valence-electron chi connectivity index (χ0n) is 18.8. The van der Waals surface area contributed by atoms with Crippen LogP contribution in [0.3, 0.4) is 0 Å². The van der Waals surface area contributed by atoms with Crippen LogP contribution in [0.15, 0.2) is 48.5 Å². The molecular weight excluding hydrogens is 463 g/mol. The molecule has 174 valence electrons. The van der Waals surface area contributed by atoms with Crippen molar-refractivity contribution in [1.29, 1.82) is 0 Å². The molecule has 0 saturated carbocycles.